The van der Waals surface area contributed by atoms with E-state index in [-0.39, 0.29) is 127 Å². The number of carbonyl (C=O) groups is 10. The van der Waals surface area contributed by atoms with Crippen molar-refractivity contribution in [2.75, 3.05) is 112 Å². The molecule has 0 amide bonds. The van der Waals surface area contributed by atoms with E-state index in [1.165, 1.54) is 57.8 Å². The second-order valence-corrected chi connectivity index (χ2v) is 39.3. The van der Waals surface area contributed by atoms with Crippen molar-refractivity contribution in [2.24, 2.45) is 118 Å². The Morgan fingerprint density at radius 3 is 1.20 bits per heavy atom. The van der Waals surface area contributed by atoms with Crippen LogP contribution in [0.15, 0.2) is 48.6 Å². The highest BCUT2D eigenvalue weighted by molar-refractivity contribution is 5.89. The lowest BCUT2D eigenvalue weighted by atomic mass is 9.50. The third-order valence-corrected chi connectivity index (χ3v) is 29.4. The highest BCUT2D eigenvalue weighted by atomic mass is 16.6. The summed E-state index contributed by atoms with van der Waals surface area (Å²) in [5.41, 5.74) is 0.889. The molecule has 14 aliphatic rings. The summed E-state index contributed by atoms with van der Waals surface area (Å²) in [5.74, 6) is -2.18. The second-order valence-electron chi connectivity index (χ2n) is 39.3. The van der Waals surface area contributed by atoms with Crippen LogP contribution in [0, 0.1) is 118 Å². The number of fused-ring (bicyclic) bond motifs is 4. The summed E-state index contributed by atoms with van der Waals surface area (Å²) >= 11 is 0. The third-order valence-electron chi connectivity index (χ3n) is 29.4. The zero-order valence-corrected chi connectivity index (χ0v) is 77.2. The number of aliphatic hydroxyl groups is 3. The number of rotatable bonds is 43. The van der Waals surface area contributed by atoms with Gasteiger partial charge in [0.2, 0.25) is 0 Å². The van der Waals surface area contributed by atoms with Crippen molar-refractivity contribution in [1.29, 1.82) is 0 Å². The van der Waals surface area contributed by atoms with E-state index in [0.29, 0.717) is 103 Å². The highest BCUT2D eigenvalue weighted by Crippen LogP contribution is 2.62. The fourth-order valence-corrected chi connectivity index (χ4v) is 22.8. The van der Waals surface area contributed by atoms with Gasteiger partial charge in [0, 0.05) is 68.2 Å². The third kappa shape index (κ3) is 30.2. The maximum atomic E-state index is 15.3. The minimum absolute atomic E-state index is 0. The van der Waals surface area contributed by atoms with Gasteiger partial charge in [0.25, 0.3) is 0 Å². The Balaban J connectivity index is 0.000000274. The van der Waals surface area contributed by atoms with E-state index < -0.39 is 101 Å². The SMILES string of the molecule is C.C=C(C)C(=O)OC1(C)C2CC3CC(C2)CC1C3.C=C(C)C(=O)OC1CC2CCC1C2.C=C(C)C(=O)OC1COC(=O)C1.C=C(C)C(=O)OCCOCCCN(CCO)CCO.CCCN(CCO)CCCOCCOC(=O)C(C)C(C)C(C(=O)OC1CC2CCC1C2)C(C)C(C(=O)OC1(C)C2CC3CC(C2)CC1C3)C(C)C(C(=O)OC1COC(=O)C1)C(C)C. The summed E-state index contributed by atoms with van der Waals surface area (Å²) in [6, 6.07) is 0. The van der Waals surface area contributed by atoms with Crippen LogP contribution in [0.1, 0.15) is 245 Å². The van der Waals surface area contributed by atoms with Crippen molar-refractivity contribution in [3.8, 4) is 0 Å². The summed E-state index contributed by atoms with van der Waals surface area (Å²) in [6.45, 7) is 45.0. The molecule has 0 aromatic heterocycles. The molecule has 14 fully saturated rings. The molecule has 2 saturated heterocycles. The molecule has 15 atom stereocenters. The van der Waals surface area contributed by atoms with E-state index in [9.17, 15) is 48.3 Å². The molecular weight excluding hydrogens is 1610 g/mol. The van der Waals surface area contributed by atoms with Gasteiger partial charge in [-0.05, 0) is 278 Å². The van der Waals surface area contributed by atoms with Crippen LogP contribution in [0.2, 0.25) is 0 Å². The molecule has 0 aromatic carbocycles. The lowest BCUT2D eigenvalue weighted by Gasteiger charge is -2.59. The number of aliphatic hydroxyl groups excluding tert-OH is 3. The molecule has 0 aromatic rings. The Labute approximate surface area is 745 Å². The molecule has 710 valence electrons. The number of hydrogen-bond donors (Lipinski definition) is 3. The molecule has 15 unspecified atom stereocenters. The predicted molar refractivity (Wildman–Crippen MR) is 470 cm³/mol. The summed E-state index contributed by atoms with van der Waals surface area (Å²) in [7, 11) is 0. The van der Waals surface area contributed by atoms with Crippen molar-refractivity contribution in [3.63, 3.8) is 0 Å². The highest BCUT2D eigenvalue weighted by Gasteiger charge is 2.60. The van der Waals surface area contributed by atoms with E-state index in [0.717, 1.165) is 114 Å². The number of esters is 10. The minimum Gasteiger partial charge on any atom is -0.463 e. The van der Waals surface area contributed by atoms with Crippen LogP contribution < -0.4 is 0 Å². The monoisotopic (exact) mass is 1760 g/mol. The van der Waals surface area contributed by atoms with Crippen LogP contribution >= 0.6 is 0 Å². The molecule has 27 nitrogen and oxygen atoms in total. The number of carbonyl (C=O) groups excluding carboxylic acids is 10. The summed E-state index contributed by atoms with van der Waals surface area (Å²) in [6.07, 6.45) is 22.5. The molecule has 12 bridgehead atoms. The molecule has 2 heterocycles. The number of ether oxygens (including phenoxy) is 12. The Morgan fingerprint density at radius 2 is 0.808 bits per heavy atom. The van der Waals surface area contributed by atoms with Gasteiger partial charge in [-0.15, -0.1) is 0 Å². The largest absolute Gasteiger partial charge is 0.463 e. The van der Waals surface area contributed by atoms with E-state index in [4.69, 9.17) is 62.3 Å². The maximum absolute atomic E-state index is 15.3. The Morgan fingerprint density at radius 1 is 0.416 bits per heavy atom. The molecule has 0 radical (unpaired) electrons. The van der Waals surface area contributed by atoms with Gasteiger partial charge in [-0.2, -0.15) is 0 Å². The maximum Gasteiger partial charge on any atom is 0.333 e. The average molecular weight is 1760 g/mol. The Bertz CT molecular complexity index is 3510. The van der Waals surface area contributed by atoms with Crippen molar-refractivity contribution >= 4 is 59.7 Å². The van der Waals surface area contributed by atoms with Crippen LogP contribution in [0.4, 0.5) is 0 Å². The first-order valence-electron chi connectivity index (χ1n) is 46.9. The predicted octanol–water partition coefficient (Wildman–Crippen LogP) is 13.5. The van der Waals surface area contributed by atoms with Crippen LogP contribution in [0.3, 0.4) is 0 Å². The van der Waals surface area contributed by atoms with Crippen LogP contribution in [-0.2, 0) is 105 Å². The zero-order chi connectivity index (χ0) is 90.9. The number of hydrogen-bond acceptors (Lipinski definition) is 27. The fraction of sp³-hybridized carbons (Fsp3) is 0.816. The minimum atomic E-state index is -0.928. The molecule has 12 aliphatic carbocycles. The quantitative estimate of drug-likeness (QED) is 0.0221. The van der Waals surface area contributed by atoms with Gasteiger partial charge in [0.05, 0.1) is 69.5 Å². The smallest absolute Gasteiger partial charge is 0.333 e. The van der Waals surface area contributed by atoms with Gasteiger partial charge in [-0.1, -0.05) is 82.2 Å². The standard InChI is InChI=1S/C50H81NO12.C15H22O2.C13H25NO5.C11H16O2.C8H10O4.CH4/c1-9-13-51(15-16-52)14-10-17-58-18-19-59-46(54)31(5)30(4)44(48(56)62-41-26-34-11-12-37(41)21-34)33(7)45(32(6)43(29(2)3)47(55)61-40-27-42(53)60-28-40)49(57)63-50(8)38-22-35-20-36(24-38)25-39(50)23-35;1-9(2)14(16)17-15(3)12-5-10-4-11(7-12)8-13(15)6-10;1-12(2)13(17)19-11-10-18-9-3-4-14(5-7-15)6-8-16;1-7(2)11(12)13-10-6-8-3-4-9(10)5-8;1-5(2)8(10)12-6-3-7(9)11-4-6;/h29-41,43-45,52H,9-28H2,1-8H3;10-13H,1,4-8H2,2-3H3;15-16H,1,3-11H2,2H3;8-10H,1,3-6H2,2H3;6H,1,3-4H2,2H3;1H4. The fourth-order valence-electron chi connectivity index (χ4n) is 22.8. The molecule has 125 heavy (non-hydrogen) atoms. The zero-order valence-electron chi connectivity index (χ0n) is 77.2. The van der Waals surface area contributed by atoms with Gasteiger partial charge in [-0.25, -0.2) is 19.2 Å². The lowest BCUT2D eigenvalue weighted by molar-refractivity contribution is -0.212. The lowest BCUT2D eigenvalue weighted by Crippen LogP contribution is -2.59. The number of nitrogens with zero attached hydrogens (tertiary/aromatic N) is 2. The molecule has 2 aliphatic heterocycles. The summed E-state index contributed by atoms with van der Waals surface area (Å²) in [4.78, 5) is 130. The van der Waals surface area contributed by atoms with Crippen molar-refractivity contribution in [1.82, 2.24) is 9.80 Å². The Hall–Kier alpha value is -6.62. The van der Waals surface area contributed by atoms with E-state index in [1.54, 1.807) is 34.6 Å². The van der Waals surface area contributed by atoms with Crippen LogP contribution in [-0.4, -0.2) is 232 Å². The van der Waals surface area contributed by atoms with Gasteiger partial charge < -0.3 is 77.1 Å². The normalized spacial score (nSPS) is 30.4. The van der Waals surface area contributed by atoms with Crippen molar-refractivity contribution in [3.05, 3.63) is 48.6 Å². The molecule has 3 N–H and O–H groups in total. The first-order valence-corrected chi connectivity index (χ1v) is 46.9. The Kier molecular flexibility index (Phi) is 42.6. The van der Waals surface area contributed by atoms with Crippen LogP contribution in [0.25, 0.3) is 0 Å². The number of cyclic esters (lactones) is 2. The van der Waals surface area contributed by atoms with E-state index >= 15 is 4.79 Å². The average Bonchev–Trinajstić information content (AvgIpc) is 1.38. The molecular formula is C98H158N2O25. The van der Waals surface area contributed by atoms with E-state index in [1.807, 2.05) is 39.5 Å². The van der Waals surface area contributed by atoms with Crippen molar-refractivity contribution in [2.45, 2.75) is 281 Å². The molecule has 14 rings (SSSR count). The molecule has 12 saturated carbocycles. The second kappa shape index (κ2) is 50.5. The molecule has 0 spiro atoms. The topological polar surface area (TPSA) is 349 Å². The molecule has 27 heteroatoms. The van der Waals surface area contributed by atoms with Gasteiger partial charge in [-0.3, -0.25) is 33.7 Å². The van der Waals surface area contributed by atoms with Crippen molar-refractivity contribution < 1.29 is 120 Å². The summed E-state index contributed by atoms with van der Waals surface area (Å²) in [5, 5.41) is 27.0. The first-order chi connectivity index (χ1) is 58.9. The van der Waals surface area contributed by atoms with Gasteiger partial charge in [0.15, 0.2) is 0 Å². The van der Waals surface area contributed by atoms with E-state index in [2.05, 4.69) is 56.7 Å². The summed E-state index contributed by atoms with van der Waals surface area (Å²) < 4.78 is 66.8. The first kappa shape index (κ1) is 105. The van der Waals surface area contributed by atoms with Gasteiger partial charge >= 0.3 is 59.7 Å². The van der Waals surface area contributed by atoms with Crippen LogP contribution in [0.5, 0.6) is 0 Å². The van der Waals surface area contributed by atoms with Gasteiger partial charge in [0.1, 0.15) is 62.0 Å².